The second kappa shape index (κ2) is 11.0. The molecule has 0 aromatic heterocycles. The fourth-order valence-corrected chi connectivity index (χ4v) is 4.36. The minimum Gasteiger partial charge on any atom is -0.497 e. The fraction of sp³-hybridized carbons (Fsp3) is 0.440. The summed E-state index contributed by atoms with van der Waals surface area (Å²) in [6.45, 7) is 8.81. The highest BCUT2D eigenvalue weighted by Crippen LogP contribution is 2.18. The van der Waals surface area contributed by atoms with Gasteiger partial charge < -0.3 is 15.0 Å². The van der Waals surface area contributed by atoms with Crippen molar-refractivity contribution in [1.29, 1.82) is 0 Å². The molecule has 0 saturated heterocycles. The van der Waals surface area contributed by atoms with Crippen molar-refractivity contribution >= 4 is 21.8 Å². The molecule has 34 heavy (non-hydrogen) atoms. The van der Waals surface area contributed by atoms with Gasteiger partial charge in [-0.25, -0.2) is 8.42 Å². The number of nitrogens with one attached hydrogen (secondary N) is 1. The van der Waals surface area contributed by atoms with E-state index in [2.05, 4.69) is 5.32 Å². The van der Waals surface area contributed by atoms with Crippen LogP contribution >= 0.6 is 0 Å². The number of rotatable bonds is 9. The zero-order valence-corrected chi connectivity index (χ0v) is 21.8. The predicted molar refractivity (Wildman–Crippen MR) is 132 cm³/mol. The third-order valence-electron chi connectivity index (χ3n) is 5.26. The van der Waals surface area contributed by atoms with Gasteiger partial charge in [-0.05, 0) is 64.4 Å². The van der Waals surface area contributed by atoms with E-state index in [0.29, 0.717) is 5.75 Å². The molecular formula is C25H35N3O5S. The van der Waals surface area contributed by atoms with E-state index in [-0.39, 0.29) is 17.3 Å². The monoisotopic (exact) mass is 489 g/mol. The SMILES string of the molecule is COc1ccc(CN(C(=O)CN(C)S(=O)(=O)c2ccc(C)cc2)C(C)C(=O)NC(C)(C)C)cc1. The average molecular weight is 490 g/mol. The zero-order chi connectivity index (χ0) is 25.7. The Morgan fingerprint density at radius 2 is 1.59 bits per heavy atom. The number of carbonyl (C=O) groups is 2. The Morgan fingerprint density at radius 3 is 2.09 bits per heavy atom. The second-order valence-corrected chi connectivity index (χ2v) is 11.4. The van der Waals surface area contributed by atoms with Crippen molar-refractivity contribution in [3.8, 4) is 5.75 Å². The number of sulfonamides is 1. The van der Waals surface area contributed by atoms with Crippen LogP contribution in [0.3, 0.4) is 0 Å². The molecule has 1 atom stereocenters. The number of likely N-dealkylation sites (N-methyl/N-ethyl adjacent to an activating group) is 1. The van der Waals surface area contributed by atoms with Gasteiger partial charge in [-0.15, -0.1) is 0 Å². The van der Waals surface area contributed by atoms with Crippen LogP contribution in [0.2, 0.25) is 0 Å². The van der Waals surface area contributed by atoms with Crippen molar-refractivity contribution in [1.82, 2.24) is 14.5 Å². The van der Waals surface area contributed by atoms with Crippen molar-refractivity contribution in [2.75, 3.05) is 20.7 Å². The Morgan fingerprint density at radius 1 is 1.03 bits per heavy atom. The molecule has 1 N–H and O–H groups in total. The Labute approximate surface area is 202 Å². The summed E-state index contributed by atoms with van der Waals surface area (Å²) in [5, 5.41) is 2.89. The van der Waals surface area contributed by atoms with E-state index in [9.17, 15) is 18.0 Å². The molecule has 9 heteroatoms. The molecule has 0 bridgehead atoms. The zero-order valence-electron chi connectivity index (χ0n) is 21.0. The number of hydrogen-bond acceptors (Lipinski definition) is 5. The molecule has 0 spiro atoms. The Bertz CT molecular complexity index is 1090. The molecule has 0 aliphatic carbocycles. The highest BCUT2D eigenvalue weighted by Gasteiger charge is 2.31. The summed E-state index contributed by atoms with van der Waals surface area (Å²) in [6.07, 6.45) is 0. The Balaban J connectivity index is 2.29. The molecule has 0 aliphatic heterocycles. The summed E-state index contributed by atoms with van der Waals surface area (Å²) in [5.41, 5.74) is 1.24. The van der Waals surface area contributed by atoms with Crippen molar-refractivity contribution in [2.45, 2.75) is 57.6 Å². The molecule has 0 radical (unpaired) electrons. The highest BCUT2D eigenvalue weighted by atomic mass is 32.2. The Hall–Kier alpha value is -2.91. The minimum absolute atomic E-state index is 0.105. The molecular weight excluding hydrogens is 454 g/mol. The van der Waals surface area contributed by atoms with Gasteiger partial charge in [0.25, 0.3) is 0 Å². The lowest BCUT2D eigenvalue weighted by atomic mass is 10.1. The van der Waals surface area contributed by atoms with Crippen LogP contribution < -0.4 is 10.1 Å². The lowest BCUT2D eigenvalue weighted by Gasteiger charge is -2.32. The molecule has 2 aromatic carbocycles. The molecule has 0 aliphatic rings. The van der Waals surface area contributed by atoms with Gasteiger partial charge in [0.2, 0.25) is 21.8 Å². The van der Waals surface area contributed by atoms with Crippen LogP contribution in [0.15, 0.2) is 53.4 Å². The standard InChI is InChI=1S/C25H35N3O5S/c1-18-8-14-22(15-9-18)34(31,32)27(6)17-23(29)28(19(2)24(30)26-25(3,4)5)16-20-10-12-21(33-7)13-11-20/h8-15,19H,16-17H2,1-7H3,(H,26,30). The van der Waals surface area contributed by atoms with Gasteiger partial charge in [-0.1, -0.05) is 29.8 Å². The first-order valence-electron chi connectivity index (χ1n) is 11.0. The highest BCUT2D eigenvalue weighted by molar-refractivity contribution is 7.89. The van der Waals surface area contributed by atoms with Crippen molar-refractivity contribution in [2.24, 2.45) is 0 Å². The van der Waals surface area contributed by atoms with Gasteiger partial charge >= 0.3 is 0 Å². The van der Waals surface area contributed by atoms with Gasteiger partial charge in [-0.3, -0.25) is 9.59 Å². The fourth-order valence-electron chi connectivity index (χ4n) is 3.24. The van der Waals surface area contributed by atoms with E-state index in [4.69, 9.17) is 4.74 Å². The third kappa shape index (κ3) is 7.30. The Kier molecular flexibility index (Phi) is 8.85. The molecule has 2 amide bonds. The quantitative estimate of drug-likeness (QED) is 0.584. The summed E-state index contributed by atoms with van der Waals surface area (Å²) in [6, 6.07) is 12.8. The summed E-state index contributed by atoms with van der Waals surface area (Å²) in [5.74, 6) is -0.131. The third-order valence-corrected chi connectivity index (χ3v) is 7.08. The maximum Gasteiger partial charge on any atom is 0.243 e. The van der Waals surface area contributed by atoms with Gasteiger partial charge in [0.15, 0.2) is 0 Å². The number of benzene rings is 2. The van der Waals surface area contributed by atoms with Gasteiger partial charge in [0.05, 0.1) is 18.6 Å². The van der Waals surface area contributed by atoms with Crippen LogP contribution in [0, 0.1) is 6.92 Å². The van der Waals surface area contributed by atoms with Crippen LogP contribution in [0.5, 0.6) is 5.75 Å². The maximum atomic E-state index is 13.3. The summed E-state index contributed by atoms with van der Waals surface area (Å²) in [4.78, 5) is 27.7. The first kappa shape index (κ1) is 27.3. The number of ether oxygens (including phenoxy) is 1. The van der Waals surface area contributed by atoms with Crippen LogP contribution in [0.25, 0.3) is 0 Å². The van der Waals surface area contributed by atoms with E-state index in [1.54, 1.807) is 50.4 Å². The average Bonchev–Trinajstić information content (AvgIpc) is 2.76. The minimum atomic E-state index is -3.87. The van der Waals surface area contributed by atoms with Crippen LogP contribution in [0.4, 0.5) is 0 Å². The number of methoxy groups -OCH3 is 1. The molecule has 8 nitrogen and oxygen atoms in total. The van der Waals surface area contributed by atoms with Crippen molar-refractivity contribution in [3.05, 3.63) is 59.7 Å². The number of aryl methyl sites for hydroxylation is 1. The normalized spacial score (nSPS) is 12.8. The lowest BCUT2D eigenvalue weighted by molar-refractivity contribution is -0.141. The molecule has 186 valence electrons. The van der Waals surface area contributed by atoms with Gasteiger partial charge in [-0.2, -0.15) is 4.31 Å². The number of hydrogen-bond donors (Lipinski definition) is 1. The van der Waals surface area contributed by atoms with E-state index in [0.717, 1.165) is 15.4 Å². The summed E-state index contributed by atoms with van der Waals surface area (Å²) >= 11 is 0. The van der Waals surface area contributed by atoms with E-state index in [1.807, 2.05) is 27.7 Å². The molecule has 2 rings (SSSR count). The maximum absolute atomic E-state index is 13.3. The first-order chi connectivity index (χ1) is 15.7. The first-order valence-corrected chi connectivity index (χ1v) is 12.5. The molecule has 2 aromatic rings. The van der Waals surface area contributed by atoms with Crippen molar-refractivity contribution < 1.29 is 22.7 Å². The smallest absolute Gasteiger partial charge is 0.243 e. The van der Waals surface area contributed by atoms with E-state index in [1.165, 1.54) is 24.1 Å². The van der Waals surface area contributed by atoms with Crippen LogP contribution in [0.1, 0.15) is 38.8 Å². The number of amides is 2. The van der Waals surface area contributed by atoms with Gasteiger partial charge in [0.1, 0.15) is 11.8 Å². The van der Waals surface area contributed by atoms with Crippen molar-refractivity contribution in [3.63, 3.8) is 0 Å². The van der Waals surface area contributed by atoms with E-state index < -0.39 is 34.1 Å². The largest absolute Gasteiger partial charge is 0.497 e. The van der Waals surface area contributed by atoms with Crippen LogP contribution in [-0.2, 0) is 26.2 Å². The summed E-state index contributed by atoms with van der Waals surface area (Å²) < 4.78 is 32.2. The topological polar surface area (TPSA) is 96.0 Å². The molecule has 0 saturated carbocycles. The number of carbonyl (C=O) groups excluding carboxylic acids is 2. The van der Waals surface area contributed by atoms with Gasteiger partial charge in [0, 0.05) is 19.1 Å². The molecule has 0 fully saturated rings. The summed E-state index contributed by atoms with van der Waals surface area (Å²) in [7, 11) is -0.949. The second-order valence-electron chi connectivity index (χ2n) is 9.36. The lowest BCUT2D eigenvalue weighted by Crippen LogP contribution is -2.54. The van der Waals surface area contributed by atoms with E-state index >= 15 is 0 Å². The number of nitrogens with zero attached hydrogens (tertiary/aromatic N) is 2. The van der Waals surface area contributed by atoms with Crippen LogP contribution in [-0.4, -0.2) is 61.7 Å². The molecule has 1 unspecified atom stereocenters. The molecule has 0 heterocycles. The predicted octanol–water partition coefficient (Wildman–Crippen LogP) is 2.96.